The Hall–Kier alpha value is -0.600. The predicted octanol–water partition coefficient (Wildman–Crippen LogP) is 5.61. The highest BCUT2D eigenvalue weighted by molar-refractivity contribution is 8.76. The van der Waals surface area contributed by atoms with Crippen molar-refractivity contribution in [2.45, 2.75) is 116 Å². The molecule has 0 saturated heterocycles. The second-order valence-electron chi connectivity index (χ2n) is 9.06. The van der Waals surface area contributed by atoms with Crippen LogP contribution in [0.3, 0.4) is 0 Å². The molecule has 1 atom stereocenters. The minimum atomic E-state index is -1.06. The minimum Gasteiger partial charge on any atom is -0.480 e. The van der Waals surface area contributed by atoms with Gasteiger partial charge in [0.2, 0.25) is 0 Å². The number of nitrogens with one attached hydrogen (secondary N) is 2. The first-order valence-corrected chi connectivity index (χ1v) is 13.9. The third-order valence-electron chi connectivity index (χ3n) is 5.11. The number of hydrogen-bond donors (Lipinski definition) is 3. The van der Waals surface area contributed by atoms with E-state index in [1.54, 1.807) is 31.6 Å². The van der Waals surface area contributed by atoms with Crippen LogP contribution in [-0.4, -0.2) is 52.4 Å². The second kappa shape index (κ2) is 15.2. The van der Waals surface area contributed by atoms with Crippen molar-refractivity contribution >= 4 is 33.7 Å². The van der Waals surface area contributed by atoms with Gasteiger partial charge in [-0.15, -0.1) is 0 Å². The molecule has 1 unspecified atom stereocenters. The lowest BCUT2D eigenvalue weighted by Gasteiger charge is -2.30. The molecule has 0 heterocycles. The summed E-state index contributed by atoms with van der Waals surface area (Å²) in [5.74, 6) is 0.149. The summed E-state index contributed by atoms with van der Waals surface area (Å²) in [5, 5.41) is 15.1. The maximum atomic E-state index is 11.4. The molecule has 0 aliphatic heterocycles. The predicted molar refractivity (Wildman–Crippen MR) is 128 cm³/mol. The third kappa shape index (κ3) is 13.7. The van der Waals surface area contributed by atoms with Crippen LogP contribution in [0.4, 0.5) is 4.79 Å². The average molecular weight is 463 g/mol. The van der Waals surface area contributed by atoms with Crippen molar-refractivity contribution in [3.63, 3.8) is 0 Å². The standard InChI is InChI=1S/C12H23N.C10H19NO4S2/c1-3-7-11(8-4-1)13-12-9-5-2-6-10-12;1-5-16-17-6-7(8(12)13)11-9(14)15-10(2,3)4/h11-13H,1-10H2;7H,5-6H2,1-4H3,(H,11,14)(H,12,13). The zero-order valence-corrected chi connectivity index (χ0v) is 20.8. The zero-order chi connectivity index (χ0) is 22.4. The fraction of sp³-hybridized carbons (Fsp3) is 0.909. The van der Waals surface area contributed by atoms with Gasteiger partial charge in [-0.05, 0) is 46.5 Å². The molecule has 0 aromatic rings. The monoisotopic (exact) mass is 462 g/mol. The summed E-state index contributed by atoms with van der Waals surface area (Å²) < 4.78 is 5.00. The summed E-state index contributed by atoms with van der Waals surface area (Å²) in [6, 6.07) is 0.822. The molecule has 176 valence electrons. The van der Waals surface area contributed by atoms with Crippen molar-refractivity contribution in [3.8, 4) is 0 Å². The van der Waals surface area contributed by atoms with Gasteiger partial charge in [0.1, 0.15) is 11.6 Å². The first-order valence-electron chi connectivity index (χ1n) is 11.4. The highest BCUT2D eigenvalue weighted by Gasteiger charge is 2.24. The van der Waals surface area contributed by atoms with Crippen LogP contribution in [0.25, 0.3) is 0 Å². The topological polar surface area (TPSA) is 87.7 Å². The van der Waals surface area contributed by atoms with Crippen LogP contribution < -0.4 is 10.6 Å². The number of rotatable bonds is 8. The van der Waals surface area contributed by atoms with Crippen molar-refractivity contribution in [2.75, 3.05) is 11.5 Å². The Morgan fingerprint density at radius 2 is 1.47 bits per heavy atom. The quantitative estimate of drug-likeness (QED) is 0.319. The molecule has 2 fully saturated rings. The highest BCUT2D eigenvalue weighted by atomic mass is 33.1. The van der Waals surface area contributed by atoms with Crippen molar-refractivity contribution in [3.05, 3.63) is 0 Å². The van der Waals surface area contributed by atoms with Crippen LogP contribution in [0, 0.1) is 0 Å². The maximum Gasteiger partial charge on any atom is 0.408 e. The van der Waals surface area contributed by atoms with Crippen LogP contribution >= 0.6 is 21.6 Å². The maximum absolute atomic E-state index is 11.4. The first kappa shape index (κ1) is 27.4. The van der Waals surface area contributed by atoms with Crippen LogP contribution in [0.15, 0.2) is 0 Å². The van der Waals surface area contributed by atoms with E-state index < -0.39 is 23.7 Å². The van der Waals surface area contributed by atoms with Gasteiger partial charge in [-0.3, -0.25) is 0 Å². The summed E-state index contributed by atoms with van der Waals surface area (Å²) >= 11 is 0. The number of carboxylic acid groups (broad SMARTS) is 1. The molecular formula is C22H42N2O4S2. The Kier molecular flexibility index (Phi) is 13.9. The van der Waals surface area contributed by atoms with Gasteiger partial charge in [-0.1, -0.05) is 67.0 Å². The molecule has 1 amide bonds. The van der Waals surface area contributed by atoms with E-state index in [2.05, 4.69) is 10.6 Å². The van der Waals surface area contributed by atoms with Gasteiger partial charge in [-0.25, -0.2) is 9.59 Å². The molecule has 0 bridgehead atoms. The van der Waals surface area contributed by atoms with Crippen LogP contribution in [0.2, 0.25) is 0 Å². The Morgan fingerprint density at radius 3 is 1.87 bits per heavy atom. The lowest BCUT2D eigenvalue weighted by molar-refractivity contribution is -0.138. The lowest BCUT2D eigenvalue weighted by atomic mass is 9.91. The molecule has 0 aromatic carbocycles. The fourth-order valence-corrected chi connectivity index (χ4v) is 5.52. The van der Waals surface area contributed by atoms with Crippen LogP contribution in [-0.2, 0) is 9.53 Å². The van der Waals surface area contributed by atoms with Crippen molar-refractivity contribution in [2.24, 2.45) is 0 Å². The Bertz CT molecular complexity index is 472. The Balaban J connectivity index is 0.000000308. The van der Waals surface area contributed by atoms with E-state index >= 15 is 0 Å². The van der Waals surface area contributed by atoms with Gasteiger partial charge in [-0.2, -0.15) is 0 Å². The number of alkyl carbamates (subject to hydrolysis) is 1. The van der Waals surface area contributed by atoms with Gasteiger partial charge in [0.15, 0.2) is 0 Å². The van der Waals surface area contributed by atoms with Gasteiger partial charge in [0.05, 0.1) is 0 Å². The summed E-state index contributed by atoms with van der Waals surface area (Å²) in [6.07, 6.45) is 13.9. The number of hydrogen-bond acceptors (Lipinski definition) is 6. The molecule has 2 rings (SSSR count). The fourth-order valence-electron chi connectivity index (χ4n) is 3.70. The molecule has 2 saturated carbocycles. The number of ether oxygens (including phenoxy) is 1. The molecule has 0 spiro atoms. The summed E-state index contributed by atoms with van der Waals surface area (Å²) in [4.78, 5) is 22.3. The van der Waals surface area contributed by atoms with Gasteiger partial charge in [0.25, 0.3) is 0 Å². The largest absolute Gasteiger partial charge is 0.480 e. The molecule has 3 N–H and O–H groups in total. The van der Waals surface area contributed by atoms with E-state index in [0.717, 1.165) is 17.8 Å². The van der Waals surface area contributed by atoms with E-state index in [9.17, 15) is 9.59 Å². The van der Waals surface area contributed by atoms with Crippen molar-refractivity contribution < 1.29 is 19.4 Å². The molecule has 8 heteroatoms. The molecule has 2 aliphatic rings. The van der Waals surface area contributed by atoms with Crippen LogP contribution in [0.1, 0.15) is 91.9 Å². The second-order valence-corrected chi connectivity index (χ2v) is 11.9. The summed E-state index contributed by atoms with van der Waals surface area (Å²) in [7, 11) is 2.97. The lowest BCUT2D eigenvalue weighted by Crippen LogP contribution is -2.44. The van der Waals surface area contributed by atoms with E-state index in [0.29, 0.717) is 5.75 Å². The van der Waals surface area contributed by atoms with E-state index in [1.807, 2.05) is 6.92 Å². The SMILES string of the molecule is C1CCC(NC2CCCCC2)CC1.CCSSCC(NC(=O)OC(C)(C)C)C(=O)O. The number of carbonyl (C=O) groups excluding carboxylic acids is 1. The van der Waals surface area contributed by atoms with Gasteiger partial charge in [0, 0.05) is 23.6 Å². The van der Waals surface area contributed by atoms with E-state index in [-0.39, 0.29) is 0 Å². The van der Waals surface area contributed by atoms with Crippen molar-refractivity contribution in [1.82, 2.24) is 10.6 Å². The first-order chi connectivity index (χ1) is 14.2. The highest BCUT2D eigenvalue weighted by Crippen LogP contribution is 2.23. The molecule has 0 radical (unpaired) electrons. The smallest absolute Gasteiger partial charge is 0.408 e. The zero-order valence-electron chi connectivity index (χ0n) is 19.2. The van der Waals surface area contributed by atoms with Crippen molar-refractivity contribution in [1.29, 1.82) is 0 Å². The van der Waals surface area contributed by atoms with Gasteiger partial charge < -0.3 is 20.5 Å². The number of aliphatic carboxylic acids is 1. The normalized spacial score (nSPS) is 19.3. The van der Waals surface area contributed by atoms with E-state index in [1.165, 1.54) is 75.0 Å². The molecular weight excluding hydrogens is 420 g/mol. The number of carboxylic acids is 1. The molecule has 0 aromatic heterocycles. The Labute approximate surface area is 190 Å². The summed E-state index contributed by atoms with van der Waals surface area (Å²) in [5.41, 5.74) is -0.627. The minimum absolute atomic E-state index is 0.313. The molecule has 6 nitrogen and oxygen atoms in total. The van der Waals surface area contributed by atoms with Crippen LogP contribution in [0.5, 0.6) is 0 Å². The average Bonchev–Trinajstić information content (AvgIpc) is 2.68. The Morgan fingerprint density at radius 1 is 0.967 bits per heavy atom. The van der Waals surface area contributed by atoms with E-state index in [4.69, 9.17) is 9.84 Å². The molecule has 2 aliphatic carbocycles. The van der Waals surface area contributed by atoms with Gasteiger partial charge >= 0.3 is 12.1 Å². The third-order valence-corrected chi connectivity index (χ3v) is 7.59. The number of amides is 1. The number of carbonyl (C=O) groups is 2. The molecule has 30 heavy (non-hydrogen) atoms. The summed E-state index contributed by atoms with van der Waals surface area (Å²) in [6.45, 7) is 7.16.